The molecule has 2 aromatic heterocycles. The Kier molecular flexibility index (Phi) is 5.95. The molecule has 0 bridgehead atoms. The second kappa shape index (κ2) is 8.97. The molecule has 1 N–H and O–H groups in total. The van der Waals surface area contributed by atoms with Crippen molar-refractivity contribution in [2.45, 2.75) is 26.1 Å². The van der Waals surface area contributed by atoms with E-state index in [1.54, 1.807) is 36.7 Å². The first-order valence-electron chi connectivity index (χ1n) is 9.62. The van der Waals surface area contributed by atoms with Gasteiger partial charge in [0.05, 0.1) is 17.1 Å². The largest absolute Gasteiger partial charge is 0.486 e. The lowest BCUT2D eigenvalue weighted by molar-refractivity contribution is -0.122. The Balaban J connectivity index is 1.52. The van der Waals surface area contributed by atoms with Crippen molar-refractivity contribution in [2.75, 3.05) is 0 Å². The Hall–Kier alpha value is -3.38. The molecule has 0 unspecified atom stereocenters. The molecule has 152 valence electrons. The Bertz CT molecular complexity index is 1140. The zero-order chi connectivity index (χ0) is 20.9. The molecule has 0 aliphatic heterocycles. The summed E-state index contributed by atoms with van der Waals surface area (Å²) >= 11 is 5.93. The predicted octanol–water partition coefficient (Wildman–Crippen LogP) is 4.54. The molecule has 0 saturated heterocycles. The Labute approximate surface area is 179 Å². The van der Waals surface area contributed by atoms with Crippen molar-refractivity contribution in [2.24, 2.45) is 0 Å². The number of fused-ring (bicyclic) bond motifs is 1. The van der Waals surface area contributed by atoms with E-state index in [1.165, 1.54) is 0 Å². The van der Waals surface area contributed by atoms with E-state index in [0.717, 1.165) is 16.6 Å². The third-order valence-corrected chi connectivity index (χ3v) is 5.05. The van der Waals surface area contributed by atoms with Crippen molar-refractivity contribution < 1.29 is 9.53 Å². The van der Waals surface area contributed by atoms with Gasteiger partial charge in [-0.05, 0) is 61.0 Å². The van der Waals surface area contributed by atoms with Crippen molar-refractivity contribution >= 4 is 28.5 Å². The van der Waals surface area contributed by atoms with Gasteiger partial charge in [0.1, 0.15) is 24.7 Å². The van der Waals surface area contributed by atoms with Gasteiger partial charge in [-0.3, -0.25) is 9.78 Å². The monoisotopic (exact) mass is 420 g/mol. The average Bonchev–Trinajstić information content (AvgIpc) is 3.11. The number of aromatic nitrogens is 3. The highest BCUT2D eigenvalue weighted by molar-refractivity contribution is 6.30. The summed E-state index contributed by atoms with van der Waals surface area (Å²) in [4.78, 5) is 21.4. The maximum atomic E-state index is 12.8. The van der Waals surface area contributed by atoms with Crippen LogP contribution in [0.15, 0.2) is 73.1 Å². The van der Waals surface area contributed by atoms with Crippen LogP contribution in [0.3, 0.4) is 0 Å². The first-order chi connectivity index (χ1) is 14.6. The molecular weight excluding hydrogens is 400 g/mol. The van der Waals surface area contributed by atoms with Crippen LogP contribution in [0.1, 0.15) is 24.4 Å². The van der Waals surface area contributed by atoms with Gasteiger partial charge in [0.25, 0.3) is 0 Å². The first-order valence-corrected chi connectivity index (χ1v) is 10.00. The standard InChI is InChI=1S/C23H21ClN4O2/c1-16(17-10-12-25-13-11-17)26-23(29)14-28-21-5-3-2-4-20(21)27-22(28)15-30-19-8-6-18(24)7-9-19/h2-13,16H,14-15H2,1H3,(H,26,29)/t16-/m1/s1. The SMILES string of the molecule is C[C@@H](NC(=O)Cn1c(COc2ccc(Cl)cc2)nc2ccccc21)c1ccncc1. The average molecular weight is 421 g/mol. The number of para-hydroxylation sites is 2. The van der Waals surface area contributed by atoms with Crippen LogP contribution in [0.25, 0.3) is 11.0 Å². The maximum Gasteiger partial charge on any atom is 0.240 e. The molecule has 0 saturated carbocycles. The van der Waals surface area contributed by atoms with Gasteiger partial charge in [-0.25, -0.2) is 4.98 Å². The van der Waals surface area contributed by atoms with E-state index in [-0.39, 0.29) is 25.1 Å². The second-order valence-electron chi connectivity index (χ2n) is 6.92. The molecule has 1 amide bonds. The van der Waals surface area contributed by atoms with Gasteiger partial charge in [-0.2, -0.15) is 0 Å². The number of hydrogen-bond donors (Lipinski definition) is 1. The van der Waals surface area contributed by atoms with E-state index in [2.05, 4.69) is 15.3 Å². The number of ether oxygens (including phenoxy) is 1. The molecule has 1 atom stereocenters. The van der Waals surface area contributed by atoms with E-state index < -0.39 is 0 Å². The minimum Gasteiger partial charge on any atom is -0.486 e. The Morgan fingerprint density at radius 2 is 1.83 bits per heavy atom. The van der Waals surface area contributed by atoms with Crippen LogP contribution in [-0.4, -0.2) is 20.4 Å². The topological polar surface area (TPSA) is 69.0 Å². The van der Waals surface area contributed by atoms with E-state index in [1.807, 2.05) is 47.9 Å². The minimum atomic E-state index is -0.121. The molecule has 2 heterocycles. The highest BCUT2D eigenvalue weighted by atomic mass is 35.5. The third-order valence-electron chi connectivity index (χ3n) is 4.80. The van der Waals surface area contributed by atoms with E-state index in [4.69, 9.17) is 16.3 Å². The number of benzene rings is 2. The number of amides is 1. The summed E-state index contributed by atoms with van der Waals surface area (Å²) in [5, 5.41) is 3.68. The van der Waals surface area contributed by atoms with Crippen LogP contribution in [0.2, 0.25) is 5.02 Å². The lowest BCUT2D eigenvalue weighted by atomic mass is 10.1. The minimum absolute atomic E-state index is 0.102. The summed E-state index contributed by atoms with van der Waals surface area (Å²) in [5.74, 6) is 1.27. The summed E-state index contributed by atoms with van der Waals surface area (Å²) in [6.45, 7) is 2.34. The van der Waals surface area contributed by atoms with E-state index in [9.17, 15) is 4.79 Å². The van der Waals surface area contributed by atoms with E-state index >= 15 is 0 Å². The van der Waals surface area contributed by atoms with Gasteiger partial charge in [0, 0.05) is 17.4 Å². The molecular formula is C23H21ClN4O2. The van der Waals surface area contributed by atoms with Crippen molar-refractivity contribution in [3.8, 4) is 5.75 Å². The normalized spacial score (nSPS) is 11.9. The van der Waals surface area contributed by atoms with Crippen LogP contribution < -0.4 is 10.1 Å². The quantitative estimate of drug-likeness (QED) is 0.476. The lowest BCUT2D eigenvalue weighted by Crippen LogP contribution is -2.30. The summed E-state index contributed by atoms with van der Waals surface area (Å²) in [5.41, 5.74) is 2.71. The smallest absolute Gasteiger partial charge is 0.240 e. The molecule has 7 heteroatoms. The van der Waals surface area contributed by atoms with Crippen molar-refractivity contribution in [3.05, 3.63) is 89.5 Å². The molecule has 0 fully saturated rings. The zero-order valence-electron chi connectivity index (χ0n) is 16.5. The number of nitrogens with one attached hydrogen (secondary N) is 1. The van der Waals surface area contributed by atoms with E-state index in [0.29, 0.717) is 16.6 Å². The molecule has 0 radical (unpaired) electrons. The van der Waals surface area contributed by atoms with Crippen LogP contribution in [0.4, 0.5) is 0 Å². The number of imidazole rings is 1. The van der Waals surface area contributed by atoms with Crippen molar-refractivity contribution in [3.63, 3.8) is 0 Å². The Morgan fingerprint density at radius 1 is 1.10 bits per heavy atom. The highest BCUT2D eigenvalue weighted by Gasteiger charge is 2.16. The summed E-state index contributed by atoms with van der Waals surface area (Å²) in [6, 6.07) is 18.5. The molecule has 4 rings (SSSR count). The summed E-state index contributed by atoms with van der Waals surface area (Å²) in [6.07, 6.45) is 3.43. The summed E-state index contributed by atoms with van der Waals surface area (Å²) in [7, 11) is 0. The molecule has 0 aliphatic rings. The van der Waals surface area contributed by atoms with Crippen molar-refractivity contribution in [1.29, 1.82) is 0 Å². The lowest BCUT2D eigenvalue weighted by Gasteiger charge is -2.16. The van der Waals surface area contributed by atoms with Gasteiger partial charge in [0.2, 0.25) is 5.91 Å². The number of carbonyl (C=O) groups excluding carboxylic acids is 1. The number of halogens is 1. The fourth-order valence-corrected chi connectivity index (χ4v) is 3.38. The summed E-state index contributed by atoms with van der Waals surface area (Å²) < 4.78 is 7.76. The van der Waals surface area contributed by atoms with Gasteiger partial charge in [0.15, 0.2) is 0 Å². The molecule has 30 heavy (non-hydrogen) atoms. The molecule has 0 aliphatic carbocycles. The number of carbonyl (C=O) groups is 1. The number of rotatable bonds is 7. The molecule has 0 spiro atoms. The molecule has 4 aromatic rings. The highest BCUT2D eigenvalue weighted by Crippen LogP contribution is 2.20. The molecule has 2 aromatic carbocycles. The first kappa shape index (κ1) is 19.9. The second-order valence-corrected chi connectivity index (χ2v) is 7.35. The van der Waals surface area contributed by atoms with Crippen LogP contribution in [-0.2, 0) is 17.9 Å². The van der Waals surface area contributed by atoms with Crippen molar-refractivity contribution in [1.82, 2.24) is 19.9 Å². The third kappa shape index (κ3) is 4.60. The van der Waals surface area contributed by atoms with Gasteiger partial charge in [-0.1, -0.05) is 23.7 Å². The van der Waals surface area contributed by atoms with Gasteiger partial charge < -0.3 is 14.6 Å². The van der Waals surface area contributed by atoms with Gasteiger partial charge >= 0.3 is 0 Å². The maximum absolute atomic E-state index is 12.8. The molecule has 6 nitrogen and oxygen atoms in total. The number of nitrogens with zero attached hydrogens (tertiary/aromatic N) is 3. The van der Waals surface area contributed by atoms with Crippen LogP contribution in [0, 0.1) is 0 Å². The van der Waals surface area contributed by atoms with Crippen LogP contribution in [0.5, 0.6) is 5.75 Å². The Morgan fingerprint density at radius 3 is 2.60 bits per heavy atom. The van der Waals surface area contributed by atoms with Crippen LogP contribution >= 0.6 is 11.6 Å². The van der Waals surface area contributed by atoms with Gasteiger partial charge in [-0.15, -0.1) is 0 Å². The predicted molar refractivity (Wildman–Crippen MR) is 116 cm³/mol. The number of pyridine rings is 1. The fraction of sp³-hybridized carbons (Fsp3) is 0.174. The fourth-order valence-electron chi connectivity index (χ4n) is 3.26. The zero-order valence-corrected chi connectivity index (χ0v) is 17.2. The number of hydrogen-bond acceptors (Lipinski definition) is 4.